The number of anilines is 1. The van der Waals surface area contributed by atoms with Crippen LogP contribution in [-0.2, 0) is 11.2 Å². The van der Waals surface area contributed by atoms with Crippen molar-refractivity contribution in [2.24, 2.45) is 0 Å². The van der Waals surface area contributed by atoms with Crippen LogP contribution in [-0.4, -0.2) is 19.1 Å². The summed E-state index contributed by atoms with van der Waals surface area (Å²) in [5.41, 5.74) is 1.94. The molecule has 0 unspecified atom stereocenters. The van der Waals surface area contributed by atoms with E-state index in [1.165, 1.54) is 31.2 Å². The Balaban J connectivity index is 1.72. The van der Waals surface area contributed by atoms with E-state index < -0.39 is 0 Å². The zero-order valence-corrected chi connectivity index (χ0v) is 18.4. The normalized spacial score (nSPS) is 10.5. The van der Waals surface area contributed by atoms with Gasteiger partial charge < -0.3 is 14.8 Å². The van der Waals surface area contributed by atoms with Gasteiger partial charge in [-0.3, -0.25) is 4.79 Å². The molecule has 28 heavy (non-hydrogen) atoms. The van der Waals surface area contributed by atoms with E-state index in [-0.39, 0.29) is 12.5 Å². The lowest BCUT2D eigenvalue weighted by Crippen LogP contribution is -2.20. The van der Waals surface area contributed by atoms with E-state index in [4.69, 9.17) is 9.47 Å². The molecule has 2 aromatic rings. The molecular weight excluding hydrogens is 418 g/mol. The summed E-state index contributed by atoms with van der Waals surface area (Å²) in [6.07, 6.45) is 7.05. The summed E-state index contributed by atoms with van der Waals surface area (Å²) in [5, 5.41) is 2.84. The minimum absolute atomic E-state index is 0.0416. The van der Waals surface area contributed by atoms with Gasteiger partial charge in [0.05, 0.1) is 11.1 Å². The first-order valence-electron chi connectivity index (χ1n) is 10.1. The Morgan fingerprint density at radius 2 is 1.71 bits per heavy atom. The molecule has 2 rings (SSSR count). The van der Waals surface area contributed by atoms with Gasteiger partial charge in [-0.05, 0) is 70.7 Å². The molecule has 0 aliphatic carbocycles. The number of nitrogens with one attached hydrogen (secondary N) is 1. The van der Waals surface area contributed by atoms with Crippen LogP contribution in [0.5, 0.6) is 11.5 Å². The third-order valence-electron chi connectivity index (χ3n) is 4.42. The van der Waals surface area contributed by atoms with Crippen LogP contribution in [0.4, 0.5) is 5.69 Å². The average Bonchev–Trinajstić information content (AvgIpc) is 2.70. The van der Waals surface area contributed by atoms with E-state index in [0.29, 0.717) is 5.75 Å². The number of benzene rings is 2. The first-order chi connectivity index (χ1) is 13.6. The van der Waals surface area contributed by atoms with Gasteiger partial charge in [-0.1, -0.05) is 45.6 Å². The summed E-state index contributed by atoms with van der Waals surface area (Å²) >= 11 is 3.48. The van der Waals surface area contributed by atoms with E-state index in [9.17, 15) is 4.79 Å². The first kappa shape index (κ1) is 22.3. The smallest absolute Gasteiger partial charge is 0.262 e. The number of amides is 1. The van der Waals surface area contributed by atoms with Crippen molar-refractivity contribution in [1.29, 1.82) is 0 Å². The standard InChI is InChI=1S/C23H30BrNO3/c1-3-5-6-7-8-15-27-20-12-10-19(11-13-20)25-23(26)17-28-22-14-9-18(4-2)16-21(22)24/h9-14,16H,3-8,15,17H2,1-2H3,(H,25,26). The molecule has 0 fully saturated rings. The zero-order valence-electron chi connectivity index (χ0n) is 16.8. The molecular formula is C23H30BrNO3. The van der Waals surface area contributed by atoms with Gasteiger partial charge >= 0.3 is 0 Å². The molecule has 0 saturated heterocycles. The van der Waals surface area contributed by atoms with Gasteiger partial charge in [-0.15, -0.1) is 0 Å². The van der Waals surface area contributed by atoms with Crippen molar-refractivity contribution in [3.8, 4) is 11.5 Å². The third-order valence-corrected chi connectivity index (χ3v) is 5.04. The topological polar surface area (TPSA) is 47.6 Å². The Kier molecular flexibility index (Phi) is 9.91. The van der Waals surface area contributed by atoms with E-state index in [2.05, 4.69) is 35.1 Å². The quantitative estimate of drug-likeness (QED) is 0.384. The molecule has 0 radical (unpaired) electrons. The summed E-state index contributed by atoms with van der Waals surface area (Å²) in [7, 11) is 0. The Labute approximate surface area is 176 Å². The van der Waals surface area contributed by atoms with Crippen LogP contribution >= 0.6 is 15.9 Å². The fraction of sp³-hybridized carbons (Fsp3) is 0.435. The maximum absolute atomic E-state index is 12.1. The summed E-state index contributed by atoms with van der Waals surface area (Å²) in [4.78, 5) is 12.1. The number of ether oxygens (including phenoxy) is 2. The first-order valence-corrected chi connectivity index (χ1v) is 10.9. The second kappa shape index (κ2) is 12.4. The van der Waals surface area contributed by atoms with Crippen molar-refractivity contribution in [2.45, 2.75) is 52.4 Å². The van der Waals surface area contributed by atoms with Crippen LogP contribution in [0.15, 0.2) is 46.9 Å². The molecule has 152 valence electrons. The van der Waals surface area contributed by atoms with Crippen LogP contribution in [0.1, 0.15) is 51.5 Å². The Hall–Kier alpha value is -2.01. The molecule has 5 heteroatoms. The van der Waals surface area contributed by atoms with Crippen LogP contribution in [0.2, 0.25) is 0 Å². The SMILES string of the molecule is CCCCCCCOc1ccc(NC(=O)COc2ccc(CC)cc2Br)cc1. The molecule has 1 amide bonds. The van der Waals surface area contributed by atoms with Crippen LogP contribution in [0.3, 0.4) is 0 Å². The summed E-state index contributed by atoms with van der Waals surface area (Å²) in [6, 6.07) is 13.3. The maximum Gasteiger partial charge on any atom is 0.262 e. The highest BCUT2D eigenvalue weighted by atomic mass is 79.9. The Bertz CT molecular complexity index is 731. The lowest BCUT2D eigenvalue weighted by Gasteiger charge is -2.11. The number of carbonyl (C=O) groups is 1. The molecule has 0 bridgehead atoms. The number of hydrogen-bond acceptors (Lipinski definition) is 3. The predicted octanol–water partition coefficient (Wildman–Crippen LogP) is 6.38. The number of halogens is 1. The monoisotopic (exact) mass is 447 g/mol. The number of aryl methyl sites for hydroxylation is 1. The molecule has 0 aliphatic rings. The highest BCUT2D eigenvalue weighted by Gasteiger charge is 2.07. The highest BCUT2D eigenvalue weighted by Crippen LogP contribution is 2.26. The largest absolute Gasteiger partial charge is 0.494 e. The lowest BCUT2D eigenvalue weighted by molar-refractivity contribution is -0.118. The molecule has 0 aromatic heterocycles. The molecule has 0 heterocycles. The van der Waals surface area contributed by atoms with E-state index in [1.54, 1.807) is 0 Å². The number of carbonyl (C=O) groups excluding carboxylic acids is 1. The van der Waals surface area contributed by atoms with Crippen molar-refractivity contribution >= 4 is 27.5 Å². The van der Waals surface area contributed by atoms with E-state index in [0.717, 1.165) is 35.4 Å². The third kappa shape index (κ3) is 7.93. The Morgan fingerprint density at radius 1 is 0.964 bits per heavy atom. The van der Waals surface area contributed by atoms with Crippen molar-refractivity contribution in [1.82, 2.24) is 0 Å². The fourth-order valence-electron chi connectivity index (χ4n) is 2.75. The van der Waals surface area contributed by atoms with E-state index in [1.807, 2.05) is 42.5 Å². The second-order valence-electron chi connectivity index (χ2n) is 6.74. The lowest BCUT2D eigenvalue weighted by atomic mass is 10.2. The average molecular weight is 448 g/mol. The maximum atomic E-state index is 12.1. The number of unbranched alkanes of at least 4 members (excludes halogenated alkanes) is 4. The second-order valence-corrected chi connectivity index (χ2v) is 7.60. The molecule has 4 nitrogen and oxygen atoms in total. The summed E-state index contributed by atoms with van der Waals surface area (Å²) in [6.45, 7) is 5.00. The van der Waals surface area contributed by atoms with Gasteiger partial charge in [0.15, 0.2) is 6.61 Å². The van der Waals surface area contributed by atoms with Crippen LogP contribution < -0.4 is 14.8 Å². The Morgan fingerprint density at radius 3 is 2.39 bits per heavy atom. The van der Waals surface area contributed by atoms with Crippen LogP contribution in [0, 0.1) is 0 Å². The van der Waals surface area contributed by atoms with Crippen LogP contribution in [0.25, 0.3) is 0 Å². The zero-order chi connectivity index (χ0) is 20.2. The molecule has 2 aromatic carbocycles. The minimum atomic E-state index is -0.198. The predicted molar refractivity (Wildman–Crippen MR) is 118 cm³/mol. The molecule has 0 spiro atoms. The van der Waals surface area contributed by atoms with Crippen molar-refractivity contribution < 1.29 is 14.3 Å². The van der Waals surface area contributed by atoms with Gasteiger partial charge in [0.2, 0.25) is 0 Å². The molecule has 0 atom stereocenters. The fourth-order valence-corrected chi connectivity index (χ4v) is 3.29. The van der Waals surface area contributed by atoms with Crippen molar-refractivity contribution in [3.05, 3.63) is 52.5 Å². The van der Waals surface area contributed by atoms with Crippen molar-refractivity contribution in [2.75, 3.05) is 18.5 Å². The molecule has 1 N–H and O–H groups in total. The molecule has 0 aliphatic heterocycles. The summed E-state index contributed by atoms with van der Waals surface area (Å²) < 4.78 is 12.2. The van der Waals surface area contributed by atoms with E-state index >= 15 is 0 Å². The highest BCUT2D eigenvalue weighted by molar-refractivity contribution is 9.10. The van der Waals surface area contributed by atoms with Gasteiger partial charge in [0.25, 0.3) is 5.91 Å². The summed E-state index contributed by atoms with van der Waals surface area (Å²) in [5.74, 6) is 1.29. The van der Waals surface area contributed by atoms with Gasteiger partial charge in [0, 0.05) is 5.69 Å². The van der Waals surface area contributed by atoms with Crippen molar-refractivity contribution in [3.63, 3.8) is 0 Å². The van der Waals surface area contributed by atoms with Gasteiger partial charge in [0.1, 0.15) is 11.5 Å². The minimum Gasteiger partial charge on any atom is -0.494 e. The number of rotatable bonds is 12. The van der Waals surface area contributed by atoms with Gasteiger partial charge in [-0.25, -0.2) is 0 Å². The van der Waals surface area contributed by atoms with Gasteiger partial charge in [-0.2, -0.15) is 0 Å². The number of hydrogen-bond donors (Lipinski definition) is 1. The molecule has 0 saturated carbocycles.